The normalized spacial score (nSPS) is 24.3. The van der Waals surface area contributed by atoms with E-state index < -0.39 is 5.41 Å². The van der Waals surface area contributed by atoms with E-state index in [2.05, 4.69) is 36.4 Å². The zero-order valence-electron chi connectivity index (χ0n) is 24.6. The standard InChI is InChI=1S/C35H32N2O8/c1-3-27-33(36-9-1)34-28(4-2-10-37-34)35(27,21-5-7-29(42-17-23-13-38-23)31(11-21)44-19-25-15-40-25)22-6-8-30(43-18-24-14-39-24)32(12-22)45-20-26-16-41-26/h1-12,23-26H,13-20H2. The molecule has 0 N–H and O–H groups in total. The highest BCUT2D eigenvalue weighted by atomic mass is 16.6. The second kappa shape index (κ2) is 11.0. The topological polar surface area (TPSA) is 113 Å². The summed E-state index contributed by atoms with van der Waals surface area (Å²) in [5.74, 6) is 2.64. The Bertz CT molecular complexity index is 1600. The summed E-state index contributed by atoms with van der Waals surface area (Å²) in [5, 5.41) is 0. The minimum Gasteiger partial charge on any atom is -0.487 e. The molecular formula is C35H32N2O8. The van der Waals surface area contributed by atoms with Gasteiger partial charge >= 0.3 is 0 Å². The lowest BCUT2D eigenvalue weighted by Crippen LogP contribution is -2.29. The van der Waals surface area contributed by atoms with Crippen LogP contribution < -0.4 is 18.9 Å². The van der Waals surface area contributed by atoms with E-state index in [1.54, 1.807) is 0 Å². The molecule has 4 aromatic rings. The summed E-state index contributed by atoms with van der Waals surface area (Å²) in [4.78, 5) is 9.68. The highest BCUT2D eigenvalue weighted by Gasteiger charge is 2.48. The van der Waals surface area contributed by atoms with Crippen molar-refractivity contribution in [1.82, 2.24) is 9.97 Å². The molecule has 6 heterocycles. The average molecular weight is 609 g/mol. The molecule has 0 amide bonds. The first kappa shape index (κ1) is 27.1. The molecule has 4 saturated heterocycles. The van der Waals surface area contributed by atoms with Gasteiger partial charge in [0.05, 0.1) is 43.2 Å². The van der Waals surface area contributed by atoms with Crippen molar-refractivity contribution < 1.29 is 37.9 Å². The lowest BCUT2D eigenvalue weighted by atomic mass is 9.68. The van der Waals surface area contributed by atoms with E-state index in [1.807, 2.05) is 36.7 Å². The Hall–Kier alpha value is -4.22. The van der Waals surface area contributed by atoms with Gasteiger partial charge in [-0.1, -0.05) is 24.3 Å². The molecule has 10 nitrogen and oxygen atoms in total. The number of fused-ring (bicyclic) bond motifs is 3. The number of epoxide rings is 4. The van der Waals surface area contributed by atoms with Crippen molar-refractivity contribution >= 4 is 0 Å². The molecule has 0 bridgehead atoms. The molecular weight excluding hydrogens is 576 g/mol. The van der Waals surface area contributed by atoms with Crippen molar-refractivity contribution in [3.63, 3.8) is 0 Å². The molecule has 2 aromatic heterocycles. The van der Waals surface area contributed by atoms with E-state index in [4.69, 9.17) is 47.9 Å². The maximum atomic E-state index is 6.35. The molecule has 9 rings (SSSR count). The Labute approximate surface area is 260 Å². The molecule has 45 heavy (non-hydrogen) atoms. The smallest absolute Gasteiger partial charge is 0.161 e. The molecule has 0 radical (unpaired) electrons. The van der Waals surface area contributed by atoms with E-state index in [0.717, 1.165) is 33.6 Å². The molecule has 5 aliphatic rings. The summed E-state index contributed by atoms with van der Waals surface area (Å²) in [6.45, 7) is 4.66. The second-order valence-electron chi connectivity index (χ2n) is 11.9. The van der Waals surface area contributed by atoms with Crippen LogP contribution in [0, 0.1) is 0 Å². The van der Waals surface area contributed by atoms with Gasteiger partial charge in [-0.3, -0.25) is 9.97 Å². The van der Waals surface area contributed by atoms with Gasteiger partial charge in [0.1, 0.15) is 50.8 Å². The van der Waals surface area contributed by atoms with Crippen LogP contribution in [-0.2, 0) is 24.4 Å². The lowest BCUT2D eigenvalue weighted by Gasteiger charge is -2.34. The summed E-state index contributed by atoms with van der Waals surface area (Å²) in [6, 6.07) is 20.6. The van der Waals surface area contributed by atoms with Gasteiger partial charge in [-0.15, -0.1) is 0 Å². The maximum Gasteiger partial charge on any atom is 0.161 e. The molecule has 1 aliphatic carbocycles. The fourth-order valence-corrected chi connectivity index (χ4v) is 6.06. The van der Waals surface area contributed by atoms with Crippen LogP contribution >= 0.6 is 0 Å². The van der Waals surface area contributed by atoms with Gasteiger partial charge < -0.3 is 37.9 Å². The van der Waals surface area contributed by atoms with Gasteiger partial charge in [0, 0.05) is 12.4 Å². The molecule has 2 aromatic carbocycles. The van der Waals surface area contributed by atoms with E-state index in [-0.39, 0.29) is 24.4 Å². The zero-order chi connectivity index (χ0) is 29.8. The quantitative estimate of drug-likeness (QED) is 0.172. The number of aromatic nitrogens is 2. The van der Waals surface area contributed by atoms with Crippen molar-refractivity contribution in [2.75, 3.05) is 52.9 Å². The Morgan fingerprint density at radius 2 is 0.911 bits per heavy atom. The molecule has 4 aliphatic heterocycles. The van der Waals surface area contributed by atoms with Crippen LogP contribution in [0.4, 0.5) is 0 Å². The highest BCUT2D eigenvalue weighted by Crippen LogP contribution is 2.56. The first-order valence-corrected chi connectivity index (χ1v) is 15.4. The third-order valence-corrected chi connectivity index (χ3v) is 8.71. The Morgan fingerprint density at radius 3 is 1.29 bits per heavy atom. The predicted molar refractivity (Wildman–Crippen MR) is 160 cm³/mol. The number of benzene rings is 2. The van der Waals surface area contributed by atoms with E-state index >= 15 is 0 Å². The van der Waals surface area contributed by atoms with Crippen LogP contribution in [0.25, 0.3) is 11.4 Å². The number of hydrogen-bond donors (Lipinski definition) is 0. The van der Waals surface area contributed by atoms with Crippen molar-refractivity contribution in [2.45, 2.75) is 29.8 Å². The Kier molecular flexibility index (Phi) is 6.62. The van der Waals surface area contributed by atoms with Crippen molar-refractivity contribution in [1.29, 1.82) is 0 Å². The molecule has 0 spiro atoms. The van der Waals surface area contributed by atoms with Gasteiger partial charge in [0.25, 0.3) is 0 Å². The molecule has 230 valence electrons. The van der Waals surface area contributed by atoms with E-state index in [1.165, 1.54) is 0 Å². The van der Waals surface area contributed by atoms with Crippen molar-refractivity contribution in [2.24, 2.45) is 0 Å². The van der Waals surface area contributed by atoms with Gasteiger partial charge in [-0.05, 0) is 58.7 Å². The number of nitrogens with zero attached hydrogens (tertiary/aromatic N) is 2. The van der Waals surface area contributed by atoms with Crippen molar-refractivity contribution in [3.8, 4) is 34.4 Å². The lowest BCUT2D eigenvalue weighted by molar-refractivity contribution is 0.227. The number of rotatable bonds is 14. The van der Waals surface area contributed by atoms with Crippen LogP contribution in [-0.4, -0.2) is 87.2 Å². The summed E-state index contributed by atoms with van der Waals surface area (Å²) in [6.07, 6.45) is 4.05. The summed E-state index contributed by atoms with van der Waals surface area (Å²) >= 11 is 0. The van der Waals surface area contributed by atoms with Crippen LogP contribution in [0.2, 0.25) is 0 Å². The first-order valence-electron chi connectivity index (χ1n) is 15.4. The highest BCUT2D eigenvalue weighted by molar-refractivity contribution is 5.82. The van der Waals surface area contributed by atoms with Crippen LogP contribution in [0.5, 0.6) is 23.0 Å². The number of hydrogen-bond acceptors (Lipinski definition) is 10. The summed E-state index contributed by atoms with van der Waals surface area (Å²) in [5.41, 5.74) is 4.91. The Balaban J connectivity index is 1.21. The van der Waals surface area contributed by atoms with Gasteiger partial charge in [0.2, 0.25) is 0 Å². The molecule has 4 unspecified atom stereocenters. The summed E-state index contributed by atoms with van der Waals surface area (Å²) in [7, 11) is 0. The summed E-state index contributed by atoms with van der Waals surface area (Å²) < 4.78 is 46.8. The number of pyridine rings is 2. The molecule has 4 atom stereocenters. The van der Waals surface area contributed by atoms with Crippen molar-refractivity contribution in [3.05, 3.63) is 95.3 Å². The van der Waals surface area contributed by atoms with Crippen LogP contribution in [0.1, 0.15) is 22.3 Å². The minimum absolute atomic E-state index is 0.0901. The maximum absolute atomic E-state index is 6.35. The molecule has 4 fully saturated rings. The largest absolute Gasteiger partial charge is 0.487 e. The zero-order valence-corrected chi connectivity index (χ0v) is 24.6. The fourth-order valence-electron chi connectivity index (χ4n) is 6.06. The van der Waals surface area contributed by atoms with E-state index in [0.29, 0.717) is 75.9 Å². The molecule has 0 saturated carbocycles. The number of ether oxygens (including phenoxy) is 8. The van der Waals surface area contributed by atoms with Gasteiger partial charge in [0.15, 0.2) is 23.0 Å². The van der Waals surface area contributed by atoms with Gasteiger partial charge in [-0.2, -0.15) is 0 Å². The third-order valence-electron chi connectivity index (χ3n) is 8.71. The first-order chi connectivity index (χ1) is 22.3. The van der Waals surface area contributed by atoms with Gasteiger partial charge in [-0.25, -0.2) is 0 Å². The van der Waals surface area contributed by atoms with E-state index in [9.17, 15) is 0 Å². The average Bonchev–Trinajstić information content (AvgIpc) is 3.88. The molecule has 10 heteroatoms. The predicted octanol–water partition coefficient (Wildman–Crippen LogP) is 3.95. The van der Waals surface area contributed by atoms with Crippen LogP contribution in [0.15, 0.2) is 73.1 Å². The Morgan fingerprint density at radius 1 is 0.533 bits per heavy atom. The van der Waals surface area contributed by atoms with Crippen LogP contribution in [0.3, 0.4) is 0 Å². The second-order valence-corrected chi connectivity index (χ2v) is 11.9. The SMILES string of the molecule is c1cnc2c(c1)C(c1ccc(OCC3CO3)c(OCC3CO3)c1)(c1ccc(OCC3CO3)c(OCC3CO3)c1)c1cccnc1-2. The monoisotopic (exact) mass is 608 g/mol. The minimum atomic E-state index is -0.786. The fraction of sp³-hybridized carbons (Fsp3) is 0.371. The third kappa shape index (κ3) is 5.27.